The van der Waals surface area contributed by atoms with E-state index in [0.29, 0.717) is 0 Å². The van der Waals surface area contributed by atoms with Crippen LogP contribution in [0.5, 0.6) is 0 Å². The average Bonchev–Trinajstić information content (AvgIpc) is 3.69. The van der Waals surface area contributed by atoms with Crippen LogP contribution in [0.1, 0.15) is 33.4 Å². The first-order valence-corrected chi connectivity index (χ1v) is 18.1. The molecular weight excluding hydrogens is 601 g/mol. The van der Waals surface area contributed by atoms with Crippen molar-refractivity contribution < 1.29 is 0 Å². The van der Waals surface area contributed by atoms with Crippen LogP contribution in [0, 0.1) is 41.5 Å². The number of hydrogen-bond acceptors (Lipinski definition) is 6. The summed E-state index contributed by atoms with van der Waals surface area (Å²) in [6.45, 7) is 13.2. The fourth-order valence-corrected chi connectivity index (χ4v) is 11.8. The Labute approximate surface area is 262 Å². The Balaban J connectivity index is 1.17. The van der Waals surface area contributed by atoms with E-state index < -0.39 is 0 Å². The van der Waals surface area contributed by atoms with Crippen LogP contribution in [-0.2, 0) is 0 Å². The molecule has 0 spiro atoms. The van der Waals surface area contributed by atoms with Crippen LogP contribution in [-0.4, -0.2) is 0 Å². The number of rotatable bonds is 7. The van der Waals surface area contributed by atoms with E-state index in [-0.39, 0.29) is 0 Å². The Morgan fingerprint density at radius 2 is 0.650 bits per heavy atom. The van der Waals surface area contributed by atoms with Crippen molar-refractivity contribution in [2.45, 2.75) is 59.8 Å². The summed E-state index contributed by atoms with van der Waals surface area (Å²) >= 11 is 11.4. The van der Waals surface area contributed by atoms with Gasteiger partial charge in [-0.15, -0.1) is 45.3 Å². The van der Waals surface area contributed by atoms with Gasteiger partial charge in [0.2, 0.25) is 0 Å². The van der Waals surface area contributed by atoms with E-state index in [0.717, 1.165) is 0 Å². The highest BCUT2D eigenvalue weighted by Gasteiger charge is 2.14. The van der Waals surface area contributed by atoms with Crippen molar-refractivity contribution in [1.82, 2.24) is 0 Å². The van der Waals surface area contributed by atoms with Crippen LogP contribution in [0.3, 0.4) is 0 Å². The lowest BCUT2D eigenvalue weighted by Crippen LogP contribution is -1.86. The topological polar surface area (TPSA) is 0 Å². The summed E-state index contributed by atoms with van der Waals surface area (Å²) < 4.78 is 2.70. The van der Waals surface area contributed by atoms with Gasteiger partial charge >= 0.3 is 0 Å². The summed E-state index contributed by atoms with van der Waals surface area (Å²) in [4.78, 5) is 10.8. The van der Waals surface area contributed by atoms with Crippen LogP contribution < -0.4 is 0 Å². The molecule has 0 amide bonds. The fraction of sp³-hybridized carbons (Fsp3) is 0.176. The highest BCUT2D eigenvalue weighted by atomic mass is 32.2. The molecule has 6 heteroatoms. The highest BCUT2D eigenvalue weighted by Crippen LogP contribution is 2.46. The molecule has 2 aromatic carbocycles. The van der Waals surface area contributed by atoms with Gasteiger partial charge in [-0.1, -0.05) is 58.9 Å². The summed E-state index contributed by atoms with van der Waals surface area (Å²) in [6, 6.07) is 27.4. The van der Waals surface area contributed by atoms with Gasteiger partial charge < -0.3 is 0 Å². The molecule has 202 valence electrons. The summed E-state index contributed by atoms with van der Waals surface area (Å²) in [7, 11) is 0. The maximum absolute atomic E-state index is 2.29. The molecule has 0 aliphatic carbocycles. The van der Waals surface area contributed by atoms with E-state index in [2.05, 4.69) is 114 Å². The molecule has 0 unspecified atom stereocenters. The van der Waals surface area contributed by atoms with Crippen molar-refractivity contribution in [3.63, 3.8) is 0 Å². The third-order valence-electron chi connectivity index (χ3n) is 6.72. The molecule has 0 nitrogen and oxygen atoms in total. The monoisotopic (exact) mass is 630 g/mol. The third-order valence-corrected chi connectivity index (χ3v) is 14.6. The van der Waals surface area contributed by atoms with E-state index in [4.69, 9.17) is 0 Å². The van der Waals surface area contributed by atoms with Crippen molar-refractivity contribution >= 4 is 68.9 Å². The smallest absolute Gasteiger partial charge is 0.0653 e. The Hall–Kier alpha value is -2.06. The predicted molar refractivity (Wildman–Crippen MR) is 184 cm³/mol. The zero-order valence-corrected chi connectivity index (χ0v) is 28.3. The molecular formula is C34H30S6. The molecule has 0 saturated heterocycles. The van der Waals surface area contributed by atoms with Gasteiger partial charge in [-0.2, -0.15) is 0 Å². The summed E-state index contributed by atoms with van der Waals surface area (Å²) in [5.41, 5.74) is 8.12. The molecule has 40 heavy (non-hydrogen) atoms. The van der Waals surface area contributed by atoms with E-state index in [1.807, 2.05) is 68.9 Å². The quantitative estimate of drug-likeness (QED) is 0.172. The molecule has 6 aromatic rings. The van der Waals surface area contributed by atoms with Crippen LogP contribution in [0.25, 0.3) is 29.3 Å². The lowest BCUT2D eigenvalue weighted by atomic mass is 10.1. The number of thiophene rings is 4. The number of benzene rings is 2. The van der Waals surface area contributed by atoms with Gasteiger partial charge in [0.05, 0.1) is 8.42 Å². The molecule has 6 rings (SSSR count). The van der Waals surface area contributed by atoms with Gasteiger partial charge in [0, 0.05) is 39.1 Å². The summed E-state index contributed by atoms with van der Waals surface area (Å²) in [5.74, 6) is 0. The zero-order chi connectivity index (χ0) is 28.0. The van der Waals surface area contributed by atoms with Gasteiger partial charge in [-0.3, -0.25) is 0 Å². The van der Waals surface area contributed by atoms with E-state index in [1.165, 1.54) is 80.9 Å². The Morgan fingerprint density at radius 3 is 0.975 bits per heavy atom. The average molecular weight is 631 g/mol. The second-order valence-electron chi connectivity index (χ2n) is 10.2. The molecule has 0 bridgehead atoms. The SMILES string of the molecule is Cc1cc(C)c(Sc2ccc(-c3ccc(-c4ccc(-c5ccc(Sc6c(C)cc(C)cc6C)s5)s4)s3)s2)c(C)c1. The van der Waals surface area contributed by atoms with Gasteiger partial charge in [0.25, 0.3) is 0 Å². The minimum Gasteiger partial charge on any atom is -0.134 e. The molecule has 4 heterocycles. The van der Waals surface area contributed by atoms with Crippen molar-refractivity contribution in [3.8, 4) is 29.3 Å². The molecule has 0 aliphatic rings. The lowest BCUT2D eigenvalue weighted by molar-refractivity contribution is 1.19. The van der Waals surface area contributed by atoms with E-state index >= 15 is 0 Å². The molecule has 0 N–H and O–H groups in total. The predicted octanol–water partition coefficient (Wildman–Crippen LogP) is 13.1. The van der Waals surface area contributed by atoms with Crippen molar-refractivity contribution in [2.75, 3.05) is 0 Å². The van der Waals surface area contributed by atoms with Crippen molar-refractivity contribution in [3.05, 3.63) is 106 Å². The lowest BCUT2D eigenvalue weighted by Gasteiger charge is -2.09. The molecule has 0 radical (unpaired) electrons. The first-order valence-electron chi connectivity index (χ1n) is 13.2. The van der Waals surface area contributed by atoms with Crippen LogP contribution in [0.2, 0.25) is 0 Å². The second kappa shape index (κ2) is 11.7. The first kappa shape index (κ1) is 28.1. The summed E-state index contributed by atoms with van der Waals surface area (Å²) in [6.07, 6.45) is 0. The van der Waals surface area contributed by atoms with E-state index in [9.17, 15) is 0 Å². The normalized spacial score (nSPS) is 11.4. The van der Waals surface area contributed by atoms with Crippen LogP contribution >= 0.6 is 68.9 Å². The molecule has 0 saturated carbocycles. The van der Waals surface area contributed by atoms with Crippen LogP contribution in [0.4, 0.5) is 0 Å². The third kappa shape index (κ3) is 5.94. The van der Waals surface area contributed by atoms with Gasteiger partial charge in [0.1, 0.15) is 0 Å². The molecule has 0 aliphatic heterocycles. The summed E-state index contributed by atoms with van der Waals surface area (Å²) in [5, 5.41) is 0. The Bertz CT molecular complexity index is 1640. The van der Waals surface area contributed by atoms with Gasteiger partial charge in [0.15, 0.2) is 0 Å². The molecule has 0 atom stereocenters. The fourth-order valence-electron chi connectivity index (χ4n) is 5.08. The van der Waals surface area contributed by atoms with Crippen LogP contribution in [0.15, 0.2) is 91.0 Å². The molecule has 4 aromatic heterocycles. The van der Waals surface area contributed by atoms with Crippen molar-refractivity contribution in [1.29, 1.82) is 0 Å². The van der Waals surface area contributed by atoms with E-state index in [1.54, 1.807) is 0 Å². The zero-order valence-electron chi connectivity index (χ0n) is 23.4. The van der Waals surface area contributed by atoms with Gasteiger partial charge in [-0.25, -0.2) is 0 Å². The second-order valence-corrected chi connectivity index (χ2v) is 17.2. The Morgan fingerprint density at radius 1 is 0.375 bits per heavy atom. The largest absolute Gasteiger partial charge is 0.134 e. The number of hydrogen-bond donors (Lipinski definition) is 0. The van der Waals surface area contributed by atoms with Crippen molar-refractivity contribution in [2.24, 2.45) is 0 Å². The highest BCUT2D eigenvalue weighted by molar-refractivity contribution is 8.01. The van der Waals surface area contributed by atoms with Gasteiger partial charge in [-0.05, 0) is 112 Å². The standard InChI is InChI=1S/C34H30S6/c1-19-15-21(3)33(22(4)16-19)39-31-13-11-29(37-31)27-9-7-25(35-27)26-8-10-28(36-26)30-12-14-32(38-30)40-34-23(5)17-20(2)18-24(34)6/h7-18H,1-6H3. The minimum atomic E-state index is 1.33. The number of aryl methyl sites for hydroxylation is 6. The Kier molecular flexibility index (Phi) is 8.19. The maximum atomic E-state index is 2.29. The maximum Gasteiger partial charge on any atom is 0.0653 e. The first-order chi connectivity index (χ1) is 19.2. The minimum absolute atomic E-state index is 1.33. The molecule has 0 fully saturated rings.